The Morgan fingerprint density at radius 3 is 2.40 bits per heavy atom. The summed E-state index contributed by atoms with van der Waals surface area (Å²) >= 11 is 0. The predicted octanol–water partition coefficient (Wildman–Crippen LogP) is 0.169. The zero-order valence-electron chi connectivity index (χ0n) is 4.84. The van der Waals surface area contributed by atoms with Crippen LogP contribution in [0.1, 0.15) is 0 Å². The van der Waals surface area contributed by atoms with E-state index in [9.17, 15) is 13.2 Å². The van der Waals surface area contributed by atoms with E-state index >= 15 is 0 Å². The molecule has 1 aliphatic rings. The first kappa shape index (κ1) is 7.33. The van der Waals surface area contributed by atoms with Crippen LogP contribution in [0.5, 0.6) is 0 Å². The lowest BCUT2D eigenvalue weighted by atomic mass is 10.6. The van der Waals surface area contributed by atoms with Gasteiger partial charge in [-0.25, -0.2) is 4.99 Å². The summed E-state index contributed by atoms with van der Waals surface area (Å²) in [5.74, 6) is 0. The fourth-order valence-corrected chi connectivity index (χ4v) is 0.597. The molecule has 1 N–H and O–H groups in total. The molecule has 0 bridgehead atoms. The van der Waals surface area contributed by atoms with Crippen molar-refractivity contribution in [1.29, 1.82) is 0 Å². The number of hydrogen-bond donors (Lipinski definition) is 1. The Morgan fingerprint density at radius 2 is 2.20 bits per heavy atom. The molecule has 6 heteroatoms. The maximum absolute atomic E-state index is 11.7. The summed E-state index contributed by atoms with van der Waals surface area (Å²) in [5, 5.41) is 8.52. The number of hydrogen-bond acceptors (Lipinski definition) is 3. The van der Waals surface area contributed by atoms with Crippen LogP contribution in [-0.2, 0) is 0 Å². The van der Waals surface area contributed by atoms with E-state index in [0.717, 1.165) is 0 Å². The number of rotatable bonds is 0. The first-order valence-corrected chi connectivity index (χ1v) is 2.55. The highest BCUT2D eigenvalue weighted by atomic mass is 19.4. The normalized spacial score (nSPS) is 26.0. The third-order valence-electron chi connectivity index (χ3n) is 1.06. The van der Waals surface area contributed by atoms with E-state index in [4.69, 9.17) is 5.11 Å². The molecule has 0 aliphatic carbocycles. The largest absolute Gasteiger partial charge is 0.485 e. The van der Waals surface area contributed by atoms with Crippen LogP contribution in [0.25, 0.3) is 0 Å². The molecule has 0 amide bonds. The Bertz CT molecular complexity index is 155. The van der Waals surface area contributed by atoms with Gasteiger partial charge in [-0.15, -0.1) is 0 Å². The molecule has 1 unspecified atom stereocenters. The molecule has 0 radical (unpaired) electrons. The molecular weight excluding hydrogens is 149 g/mol. The van der Waals surface area contributed by atoms with Crippen LogP contribution in [0.4, 0.5) is 13.2 Å². The molecule has 0 aromatic carbocycles. The minimum Gasteiger partial charge on any atom is -0.370 e. The van der Waals surface area contributed by atoms with Gasteiger partial charge in [0.25, 0.3) is 0 Å². The summed E-state index contributed by atoms with van der Waals surface area (Å²) < 4.78 is 35.0. The van der Waals surface area contributed by atoms with Gasteiger partial charge in [0.15, 0.2) is 6.23 Å². The molecule has 0 fully saturated rings. The van der Waals surface area contributed by atoms with Crippen LogP contribution in [0.2, 0.25) is 0 Å². The van der Waals surface area contributed by atoms with Gasteiger partial charge in [-0.1, -0.05) is 0 Å². The standard InChI is InChI=1S/C4H5F3N2O/c5-4(6,7)9-1-3(10)8-2-9/h2-3,10H,1H2. The van der Waals surface area contributed by atoms with E-state index in [-0.39, 0.29) is 4.90 Å². The van der Waals surface area contributed by atoms with Gasteiger partial charge in [-0.2, -0.15) is 13.2 Å². The zero-order valence-corrected chi connectivity index (χ0v) is 4.84. The van der Waals surface area contributed by atoms with Gasteiger partial charge in [0.2, 0.25) is 0 Å². The molecule has 1 aliphatic heterocycles. The van der Waals surface area contributed by atoms with E-state index in [1.165, 1.54) is 0 Å². The summed E-state index contributed by atoms with van der Waals surface area (Å²) in [4.78, 5) is 3.15. The summed E-state index contributed by atoms with van der Waals surface area (Å²) in [6.45, 7) is -0.497. The van der Waals surface area contributed by atoms with Crippen LogP contribution in [-0.4, -0.2) is 35.4 Å². The molecule has 10 heavy (non-hydrogen) atoms. The number of alkyl halides is 3. The minimum absolute atomic E-state index is 0.0255. The fourth-order valence-electron chi connectivity index (χ4n) is 0.597. The molecule has 0 spiro atoms. The number of nitrogens with zero attached hydrogens (tertiary/aromatic N) is 2. The van der Waals surface area contributed by atoms with Crippen LogP contribution >= 0.6 is 0 Å². The average Bonchev–Trinajstić information content (AvgIpc) is 2.11. The summed E-state index contributed by atoms with van der Waals surface area (Å²) in [6.07, 6.45) is -5.06. The van der Waals surface area contributed by atoms with Crippen molar-refractivity contribution in [3.8, 4) is 0 Å². The first-order chi connectivity index (χ1) is 4.50. The first-order valence-electron chi connectivity index (χ1n) is 2.55. The van der Waals surface area contributed by atoms with Crippen molar-refractivity contribution in [3.63, 3.8) is 0 Å². The number of aliphatic hydroxyl groups excluding tert-OH is 1. The third-order valence-corrected chi connectivity index (χ3v) is 1.06. The lowest BCUT2D eigenvalue weighted by Gasteiger charge is -2.17. The molecule has 3 nitrogen and oxygen atoms in total. The Labute approximate surface area is 54.8 Å². The van der Waals surface area contributed by atoms with Crippen molar-refractivity contribution in [3.05, 3.63) is 0 Å². The second-order valence-electron chi connectivity index (χ2n) is 1.87. The topological polar surface area (TPSA) is 35.8 Å². The Balaban J connectivity index is 2.55. The van der Waals surface area contributed by atoms with Gasteiger partial charge >= 0.3 is 6.30 Å². The predicted molar refractivity (Wildman–Crippen MR) is 27.3 cm³/mol. The van der Waals surface area contributed by atoms with Crippen molar-refractivity contribution in [2.24, 2.45) is 4.99 Å². The van der Waals surface area contributed by atoms with Crippen molar-refractivity contribution in [2.75, 3.05) is 6.54 Å². The van der Waals surface area contributed by atoms with Crippen molar-refractivity contribution >= 4 is 6.34 Å². The molecule has 1 atom stereocenters. The Kier molecular flexibility index (Phi) is 1.55. The number of β-amino-alcohol motifs (C(OH)–C–C–N with tert-alkyl or cyclic N) is 1. The van der Waals surface area contributed by atoms with Gasteiger partial charge in [0.1, 0.15) is 0 Å². The lowest BCUT2D eigenvalue weighted by Crippen LogP contribution is -2.36. The highest BCUT2D eigenvalue weighted by Crippen LogP contribution is 2.21. The van der Waals surface area contributed by atoms with Crippen molar-refractivity contribution in [2.45, 2.75) is 12.5 Å². The molecule has 0 aromatic heterocycles. The zero-order chi connectivity index (χ0) is 7.78. The molecule has 0 saturated heterocycles. The molecule has 1 rings (SSSR count). The molecule has 1 heterocycles. The highest BCUT2D eigenvalue weighted by Gasteiger charge is 2.38. The number of halogens is 3. The smallest absolute Gasteiger partial charge is 0.370 e. The quantitative estimate of drug-likeness (QED) is 0.505. The SMILES string of the molecule is OC1CN(C(F)(F)F)C=N1. The minimum atomic E-state index is -4.42. The molecule has 58 valence electrons. The van der Waals surface area contributed by atoms with Crippen molar-refractivity contribution < 1.29 is 18.3 Å². The highest BCUT2D eigenvalue weighted by molar-refractivity contribution is 5.57. The van der Waals surface area contributed by atoms with Crippen LogP contribution in [0.3, 0.4) is 0 Å². The van der Waals surface area contributed by atoms with Gasteiger partial charge in [0.05, 0.1) is 12.9 Å². The van der Waals surface area contributed by atoms with E-state index in [2.05, 4.69) is 4.99 Å². The van der Waals surface area contributed by atoms with E-state index in [1.54, 1.807) is 0 Å². The van der Waals surface area contributed by atoms with E-state index < -0.39 is 19.1 Å². The van der Waals surface area contributed by atoms with Gasteiger partial charge in [0, 0.05) is 0 Å². The summed E-state index contributed by atoms with van der Waals surface area (Å²) in [7, 11) is 0. The second kappa shape index (κ2) is 2.12. The third kappa shape index (κ3) is 1.38. The number of aliphatic imine (C=N–C) groups is 1. The van der Waals surface area contributed by atoms with Gasteiger partial charge < -0.3 is 5.11 Å². The second-order valence-corrected chi connectivity index (χ2v) is 1.87. The Hall–Kier alpha value is -0.780. The monoisotopic (exact) mass is 154 g/mol. The molecule has 0 saturated carbocycles. The van der Waals surface area contributed by atoms with Crippen LogP contribution < -0.4 is 0 Å². The maximum atomic E-state index is 11.7. The van der Waals surface area contributed by atoms with Crippen molar-refractivity contribution in [1.82, 2.24) is 4.90 Å². The average molecular weight is 154 g/mol. The Morgan fingerprint density at radius 1 is 1.60 bits per heavy atom. The molecular formula is C4H5F3N2O. The maximum Gasteiger partial charge on any atom is 0.485 e. The molecule has 0 aromatic rings. The van der Waals surface area contributed by atoms with E-state index in [1.807, 2.05) is 0 Å². The lowest BCUT2D eigenvalue weighted by molar-refractivity contribution is -0.216. The van der Waals surface area contributed by atoms with E-state index in [0.29, 0.717) is 6.34 Å². The number of aliphatic hydroxyl groups is 1. The fraction of sp³-hybridized carbons (Fsp3) is 0.750. The summed E-state index contributed by atoms with van der Waals surface area (Å²) in [6, 6.07) is 0. The van der Waals surface area contributed by atoms with Crippen LogP contribution in [0, 0.1) is 0 Å². The summed E-state index contributed by atoms with van der Waals surface area (Å²) in [5.41, 5.74) is 0. The van der Waals surface area contributed by atoms with Crippen LogP contribution in [0.15, 0.2) is 4.99 Å². The van der Waals surface area contributed by atoms with Gasteiger partial charge in [-0.3, -0.25) is 4.90 Å². The van der Waals surface area contributed by atoms with Gasteiger partial charge in [-0.05, 0) is 0 Å².